The van der Waals surface area contributed by atoms with E-state index >= 15 is 4.39 Å². The van der Waals surface area contributed by atoms with E-state index < -0.39 is 0 Å². The zero-order chi connectivity index (χ0) is 28.3. The van der Waals surface area contributed by atoms with Gasteiger partial charge in [-0.2, -0.15) is 10.4 Å². The number of hydrogen-bond acceptors (Lipinski definition) is 8. The Morgan fingerprint density at radius 1 is 1.15 bits per heavy atom. The molecular weight excluding hydrogens is 519 g/mol. The van der Waals surface area contributed by atoms with Crippen molar-refractivity contribution in [3.63, 3.8) is 0 Å². The number of nitrogens with zero attached hydrogens (tertiary/aromatic N) is 8. The Hall–Kier alpha value is -3.85. The third-order valence-corrected chi connectivity index (χ3v) is 9.59. The maximum atomic E-state index is 15.3. The highest BCUT2D eigenvalue weighted by Crippen LogP contribution is 2.42. The number of aromatic amines is 1. The lowest BCUT2D eigenvalue weighted by molar-refractivity contribution is -0.0536. The molecular formula is C30H35FN10. The minimum Gasteiger partial charge on any atom is -0.377 e. The molecule has 212 valence electrons. The lowest BCUT2D eigenvalue weighted by Crippen LogP contribution is -2.69. The zero-order valence-electron chi connectivity index (χ0n) is 23.5. The van der Waals surface area contributed by atoms with Crippen molar-refractivity contribution < 1.29 is 4.39 Å². The Labute approximate surface area is 238 Å². The predicted octanol–water partition coefficient (Wildman–Crippen LogP) is 3.06. The minimum atomic E-state index is -0.381. The van der Waals surface area contributed by atoms with Crippen LogP contribution in [0.2, 0.25) is 0 Å². The molecule has 10 nitrogen and oxygen atoms in total. The Bertz CT molecular complexity index is 1610. The molecule has 11 heteroatoms. The van der Waals surface area contributed by atoms with Gasteiger partial charge in [0.1, 0.15) is 35.0 Å². The van der Waals surface area contributed by atoms with Gasteiger partial charge in [-0.3, -0.25) is 14.5 Å². The summed E-state index contributed by atoms with van der Waals surface area (Å²) in [5.41, 5.74) is 10.1. The number of nitriles is 1. The van der Waals surface area contributed by atoms with Crippen LogP contribution in [0.3, 0.4) is 0 Å². The van der Waals surface area contributed by atoms with Gasteiger partial charge < -0.3 is 15.6 Å². The quantitative estimate of drug-likeness (QED) is 0.358. The maximum Gasteiger partial charge on any atom is 0.147 e. The van der Waals surface area contributed by atoms with E-state index in [0.29, 0.717) is 42.5 Å². The summed E-state index contributed by atoms with van der Waals surface area (Å²) in [6.45, 7) is 2.80. The third-order valence-electron chi connectivity index (χ3n) is 9.59. The molecule has 2 atom stereocenters. The van der Waals surface area contributed by atoms with Crippen LogP contribution in [0.5, 0.6) is 0 Å². The number of H-pyrrole nitrogens is 1. The molecule has 0 spiro atoms. The van der Waals surface area contributed by atoms with E-state index in [1.165, 1.54) is 0 Å². The van der Waals surface area contributed by atoms with Gasteiger partial charge in [0, 0.05) is 87.3 Å². The summed E-state index contributed by atoms with van der Waals surface area (Å²) in [5, 5.41) is 15.3. The lowest BCUT2D eigenvalue weighted by Gasteiger charge is -2.55. The van der Waals surface area contributed by atoms with E-state index in [2.05, 4.69) is 37.0 Å². The molecule has 3 aliphatic rings. The number of benzene rings is 1. The monoisotopic (exact) mass is 554 g/mol. The molecule has 3 N–H and O–H groups in total. The van der Waals surface area contributed by atoms with Crippen molar-refractivity contribution >= 4 is 16.7 Å². The van der Waals surface area contributed by atoms with Crippen molar-refractivity contribution in [1.82, 2.24) is 34.5 Å². The van der Waals surface area contributed by atoms with Gasteiger partial charge in [-0.25, -0.2) is 14.4 Å². The highest BCUT2D eigenvalue weighted by atomic mass is 19.1. The zero-order valence-corrected chi connectivity index (χ0v) is 23.5. The normalized spacial score (nSPS) is 23.9. The second-order valence-electron chi connectivity index (χ2n) is 12.1. The first kappa shape index (κ1) is 26.1. The predicted molar refractivity (Wildman–Crippen MR) is 155 cm³/mol. The number of aromatic nitrogens is 5. The number of fused-ring (bicyclic) bond motifs is 3. The van der Waals surface area contributed by atoms with E-state index in [9.17, 15) is 5.26 Å². The first-order valence-corrected chi connectivity index (χ1v) is 14.3. The van der Waals surface area contributed by atoms with Crippen LogP contribution >= 0.6 is 0 Å². The van der Waals surface area contributed by atoms with E-state index in [0.717, 1.165) is 61.1 Å². The lowest BCUT2D eigenvalue weighted by atomic mass is 9.84. The molecule has 3 saturated heterocycles. The van der Waals surface area contributed by atoms with Gasteiger partial charge in [-0.15, -0.1) is 0 Å². The van der Waals surface area contributed by atoms with Crippen LogP contribution in [0.25, 0.3) is 22.3 Å². The molecule has 3 aromatic heterocycles. The van der Waals surface area contributed by atoms with Crippen LogP contribution in [-0.4, -0.2) is 86.4 Å². The molecule has 3 fully saturated rings. The highest BCUT2D eigenvalue weighted by Gasteiger charge is 2.50. The van der Waals surface area contributed by atoms with Crippen LogP contribution in [0, 0.1) is 17.1 Å². The third kappa shape index (κ3) is 4.20. The highest BCUT2D eigenvalue weighted by molar-refractivity contribution is 5.90. The van der Waals surface area contributed by atoms with Crippen molar-refractivity contribution in [3.05, 3.63) is 60.1 Å². The molecule has 1 aromatic carbocycles. The molecule has 0 aliphatic carbocycles. The van der Waals surface area contributed by atoms with E-state index in [1.54, 1.807) is 11.2 Å². The van der Waals surface area contributed by atoms with Crippen LogP contribution in [0.15, 0.2) is 43.1 Å². The summed E-state index contributed by atoms with van der Waals surface area (Å²) >= 11 is 0. The second-order valence-corrected chi connectivity index (χ2v) is 12.1. The summed E-state index contributed by atoms with van der Waals surface area (Å²) in [6, 6.07) is 9.10. The standard InChI is InChI=1S/C30H35FN10/c1-38(2)26-6-3-19(27(31)25(26)11-32)13-40-21-4-5-22(40)10-23(9-21)39-16-30(15-33,17-39)41-14-20(12-37-41)28-24-7-8-34-29(24)36-18-35-28/h3,6-8,12,14,18,21-23H,4-5,9-10,13,15-17,33H2,1-2H3,(H,34,35,36). The fourth-order valence-electron chi connectivity index (χ4n) is 7.35. The number of halogens is 1. The fraction of sp³-hybridized carbons (Fsp3) is 0.467. The summed E-state index contributed by atoms with van der Waals surface area (Å²) in [4.78, 5) is 18.8. The molecule has 3 aliphatic heterocycles. The van der Waals surface area contributed by atoms with E-state index in [1.807, 2.05) is 49.4 Å². The SMILES string of the molecule is CN(C)c1ccc(CN2C3CCC2CC(N2CC(CN)(n4cc(-c5ncnc6[nH]ccc56)cn4)C2)C3)c(F)c1C#N. The number of nitrogens with one attached hydrogen (secondary N) is 1. The van der Waals surface area contributed by atoms with Gasteiger partial charge >= 0.3 is 0 Å². The number of rotatable bonds is 7. The van der Waals surface area contributed by atoms with Crippen molar-refractivity contribution in [2.75, 3.05) is 38.6 Å². The summed E-state index contributed by atoms with van der Waals surface area (Å²) < 4.78 is 17.4. The molecule has 7 rings (SSSR count). The first-order chi connectivity index (χ1) is 19.9. The fourth-order valence-corrected chi connectivity index (χ4v) is 7.35. The Kier molecular flexibility index (Phi) is 6.30. The Balaban J connectivity index is 1.03. The minimum absolute atomic E-state index is 0.132. The molecule has 4 aromatic rings. The topological polar surface area (TPSA) is 119 Å². The van der Waals surface area contributed by atoms with Gasteiger partial charge in [0.2, 0.25) is 0 Å². The smallest absolute Gasteiger partial charge is 0.147 e. The molecule has 2 unspecified atom stereocenters. The molecule has 0 saturated carbocycles. The number of nitrogens with two attached hydrogens (primary N) is 1. The number of likely N-dealkylation sites (tertiary alicyclic amines) is 1. The van der Waals surface area contributed by atoms with Gasteiger partial charge in [-0.1, -0.05) is 6.07 Å². The molecule has 0 amide bonds. The van der Waals surface area contributed by atoms with Crippen molar-refractivity contribution in [1.29, 1.82) is 5.26 Å². The van der Waals surface area contributed by atoms with Crippen molar-refractivity contribution in [2.24, 2.45) is 5.73 Å². The van der Waals surface area contributed by atoms with Crippen molar-refractivity contribution in [2.45, 2.75) is 55.9 Å². The van der Waals surface area contributed by atoms with Crippen LogP contribution in [0.1, 0.15) is 36.8 Å². The maximum absolute atomic E-state index is 15.3. The van der Waals surface area contributed by atoms with Crippen LogP contribution in [0.4, 0.5) is 10.1 Å². The first-order valence-electron chi connectivity index (χ1n) is 14.3. The summed E-state index contributed by atoms with van der Waals surface area (Å²) in [5.74, 6) is -0.381. The average Bonchev–Trinajstić information content (AvgIpc) is 3.68. The van der Waals surface area contributed by atoms with Gasteiger partial charge in [0.05, 0.1) is 17.6 Å². The second kappa shape index (κ2) is 9.91. The number of anilines is 1. The van der Waals surface area contributed by atoms with Crippen LogP contribution < -0.4 is 10.6 Å². The summed E-state index contributed by atoms with van der Waals surface area (Å²) in [6.07, 6.45) is 11.8. The van der Waals surface area contributed by atoms with Gasteiger partial charge in [0.15, 0.2) is 0 Å². The average molecular weight is 555 g/mol. The number of piperidine rings is 1. The molecule has 6 heterocycles. The van der Waals surface area contributed by atoms with Gasteiger partial charge in [0.25, 0.3) is 0 Å². The Morgan fingerprint density at radius 3 is 2.63 bits per heavy atom. The molecule has 0 radical (unpaired) electrons. The molecule has 2 bridgehead atoms. The molecule has 41 heavy (non-hydrogen) atoms. The van der Waals surface area contributed by atoms with Crippen LogP contribution in [-0.2, 0) is 12.1 Å². The van der Waals surface area contributed by atoms with E-state index in [4.69, 9.17) is 10.8 Å². The van der Waals surface area contributed by atoms with Gasteiger partial charge in [-0.05, 0) is 37.8 Å². The van der Waals surface area contributed by atoms with E-state index in [-0.39, 0.29) is 16.9 Å². The Morgan fingerprint density at radius 2 is 1.93 bits per heavy atom. The summed E-state index contributed by atoms with van der Waals surface area (Å²) in [7, 11) is 3.67. The van der Waals surface area contributed by atoms with Crippen molar-refractivity contribution in [3.8, 4) is 17.3 Å². The number of hydrogen-bond donors (Lipinski definition) is 2. The largest absolute Gasteiger partial charge is 0.377 e.